The van der Waals surface area contributed by atoms with Crippen molar-refractivity contribution in [3.05, 3.63) is 63.2 Å². The summed E-state index contributed by atoms with van der Waals surface area (Å²) in [6.45, 7) is 1.67. The molecule has 2 aromatic rings. The van der Waals surface area contributed by atoms with Gasteiger partial charge in [-0.15, -0.1) is 0 Å². The molecule has 0 aromatic heterocycles. The van der Waals surface area contributed by atoms with Crippen molar-refractivity contribution in [3.8, 4) is 0 Å². The zero-order valence-electron chi connectivity index (χ0n) is 14.5. The number of aliphatic imine (C=N–C) groups is 1. The van der Waals surface area contributed by atoms with Gasteiger partial charge in [0.15, 0.2) is 0 Å². The van der Waals surface area contributed by atoms with E-state index in [0.29, 0.717) is 5.69 Å². The first-order valence-corrected chi connectivity index (χ1v) is 8.24. The van der Waals surface area contributed by atoms with Crippen LogP contribution in [0.3, 0.4) is 0 Å². The van der Waals surface area contributed by atoms with Crippen LogP contribution in [0.15, 0.2) is 47.5 Å². The molecule has 11 heteroatoms. The van der Waals surface area contributed by atoms with Crippen molar-refractivity contribution >= 4 is 46.4 Å². The number of nitro benzene ring substituents is 1. The number of carbonyl (C=O) groups excluding carboxylic acids is 1. The summed E-state index contributed by atoms with van der Waals surface area (Å²) < 4.78 is 4.90. The smallest absolute Gasteiger partial charge is 0.375 e. The first-order valence-electron chi connectivity index (χ1n) is 7.87. The number of nitro groups is 1. The van der Waals surface area contributed by atoms with Crippen molar-refractivity contribution in [1.29, 1.82) is 0 Å². The minimum absolute atomic E-state index is 0.0546. The predicted molar refractivity (Wildman–Crippen MR) is 102 cm³/mol. The number of amidine groups is 1. The van der Waals surface area contributed by atoms with Gasteiger partial charge < -0.3 is 9.84 Å². The van der Waals surface area contributed by atoms with Crippen LogP contribution in [0.1, 0.15) is 17.3 Å². The molecule has 2 aromatic carbocycles. The lowest BCUT2D eigenvalue weighted by molar-refractivity contribution is -0.384. The number of hydrazine groups is 1. The largest absolute Gasteiger partial charge is 0.478 e. The van der Waals surface area contributed by atoms with Gasteiger partial charge in [0.2, 0.25) is 5.84 Å². The number of benzene rings is 2. The third-order valence-corrected chi connectivity index (χ3v) is 3.53. The van der Waals surface area contributed by atoms with E-state index in [0.717, 1.165) is 0 Å². The summed E-state index contributed by atoms with van der Waals surface area (Å²) >= 11 is 5.89. The van der Waals surface area contributed by atoms with Gasteiger partial charge in [-0.2, -0.15) is 0 Å². The van der Waals surface area contributed by atoms with Crippen LogP contribution in [-0.4, -0.2) is 34.4 Å². The van der Waals surface area contributed by atoms with Crippen LogP contribution < -0.4 is 10.9 Å². The van der Waals surface area contributed by atoms with Crippen LogP contribution in [0.5, 0.6) is 0 Å². The van der Waals surface area contributed by atoms with Crippen molar-refractivity contribution in [2.24, 2.45) is 4.99 Å². The molecule has 0 heterocycles. The second kappa shape index (κ2) is 9.33. The molecule has 3 N–H and O–H groups in total. The van der Waals surface area contributed by atoms with Crippen molar-refractivity contribution in [2.75, 3.05) is 12.0 Å². The van der Waals surface area contributed by atoms with Gasteiger partial charge in [0.1, 0.15) is 0 Å². The molecule has 0 amide bonds. The SMILES string of the molecule is CCOC(=O)C(=Nc1cc(Cl)ccc1C(=O)O)NNc1ccc([N+](=O)[O-])cc1. The summed E-state index contributed by atoms with van der Waals surface area (Å²) in [6.07, 6.45) is 0. The monoisotopic (exact) mass is 406 g/mol. The maximum absolute atomic E-state index is 12.2. The highest BCUT2D eigenvalue weighted by atomic mass is 35.5. The maximum Gasteiger partial charge on any atom is 0.375 e. The number of aromatic carboxylic acids is 1. The van der Waals surface area contributed by atoms with E-state index < -0.39 is 16.9 Å². The summed E-state index contributed by atoms with van der Waals surface area (Å²) in [4.78, 5) is 37.7. The standard InChI is InChI=1S/C17H15ClN4O6/c1-2-28-17(25)15(19-14-9-10(18)3-8-13(14)16(23)24)21-20-11-4-6-12(7-5-11)22(26)27/h3-9,20H,2H2,1H3,(H,19,21)(H,23,24). The molecule has 0 atom stereocenters. The Labute approximate surface area is 163 Å². The average molecular weight is 407 g/mol. The highest BCUT2D eigenvalue weighted by molar-refractivity contribution is 6.36. The zero-order chi connectivity index (χ0) is 20.7. The van der Waals surface area contributed by atoms with E-state index in [9.17, 15) is 24.8 Å². The number of hydrogen-bond donors (Lipinski definition) is 3. The third-order valence-electron chi connectivity index (χ3n) is 3.29. The number of esters is 1. The Balaban J connectivity index is 2.31. The number of non-ortho nitro benzene ring substituents is 1. The van der Waals surface area contributed by atoms with Crippen molar-refractivity contribution in [3.63, 3.8) is 0 Å². The molecule has 0 aliphatic heterocycles. The van der Waals surface area contributed by atoms with Gasteiger partial charge in [0.05, 0.1) is 28.5 Å². The van der Waals surface area contributed by atoms with Crippen LogP contribution in [0, 0.1) is 10.1 Å². The quantitative estimate of drug-likeness (QED) is 0.218. The van der Waals surface area contributed by atoms with E-state index in [2.05, 4.69) is 15.8 Å². The molecule has 0 saturated carbocycles. The molecule has 28 heavy (non-hydrogen) atoms. The van der Waals surface area contributed by atoms with Crippen LogP contribution in [0.2, 0.25) is 5.02 Å². The lowest BCUT2D eigenvalue weighted by Gasteiger charge is -2.12. The number of nitrogens with zero attached hydrogens (tertiary/aromatic N) is 2. The molecular formula is C17H15ClN4O6. The number of ether oxygens (including phenoxy) is 1. The molecule has 0 unspecified atom stereocenters. The summed E-state index contributed by atoms with van der Waals surface area (Å²) in [7, 11) is 0. The summed E-state index contributed by atoms with van der Waals surface area (Å²) in [6, 6.07) is 9.30. The topological polar surface area (TPSA) is 143 Å². The predicted octanol–water partition coefficient (Wildman–Crippen LogP) is 3.16. The molecule has 0 spiro atoms. The number of nitrogens with one attached hydrogen (secondary N) is 2. The van der Waals surface area contributed by atoms with E-state index >= 15 is 0 Å². The molecular weight excluding hydrogens is 392 g/mol. The van der Waals surface area contributed by atoms with Crippen molar-refractivity contribution < 1.29 is 24.4 Å². The Morgan fingerprint density at radius 3 is 2.50 bits per heavy atom. The second-order valence-electron chi connectivity index (χ2n) is 5.20. The minimum Gasteiger partial charge on any atom is -0.478 e. The van der Waals surface area contributed by atoms with Gasteiger partial charge in [-0.25, -0.2) is 14.6 Å². The highest BCUT2D eigenvalue weighted by Gasteiger charge is 2.17. The lowest BCUT2D eigenvalue weighted by atomic mass is 10.2. The molecule has 0 aliphatic rings. The average Bonchev–Trinajstić information content (AvgIpc) is 2.65. The van der Waals surface area contributed by atoms with Crippen molar-refractivity contribution in [2.45, 2.75) is 6.92 Å². The lowest BCUT2D eigenvalue weighted by Crippen LogP contribution is -2.36. The Bertz CT molecular complexity index is 930. The highest BCUT2D eigenvalue weighted by Crippen LogP contribution is 2.24. The van der Waals surface area contributed by atoms with E-state index in [-0.39, 0.29) is 34.4 Å². The van der Waals surface area contributed by atoms with Crippen LogP contribution in [0.4, 0.5) is 17.1 Å². The molecule has 0 aliphatic carbocycles. The number of carboxylic acids is 1. The number of carbonyl (C=O) groups is 2. The minimum atomic E-state index is -1.25. The van der Waals surface area contributed by atoms with E-state index in [1.54, 1.807) is 6.92 Å². The van der Waals surface area contributed by atoms with E-state index in [1.165, 1.54) is 42.5 Å². The summed E-state index contributed by atoms with van der Waals surface area (Å²) in [5.74, 6) is -2.42. The van der Waals surface area contributed by atoms with Gasteiger partial charge in [0, 0.05) is 17.2 Å². The first-order chi connectivity index (χ1) is 13.3. The fourth-order valence-electron chi connectivity index (χ4n) is 2.02. The normalized spacial score (nSPS) is 10.9. The number of rotatable bonds is 6. The number of carboxylic acid groups (broad SMARTS) is 1. The van der Waals surface area contributed by atoms with Gasteiger partial charge in [-0.3, -0.25) is 21.0 Å². The Morgan fingerprint density at radius 2 is 1.93 bits per heavy atom. The fraction of sp³-hybridized carbons (Fsp3) is 0.118. The molecule has 10 nitrogen and oxygen atoms in total. The zero-order valence-corrected chi connectivity index (χ0v) is 15.3. The van der Waals surface area contributed by atoms with Gasteiger partial charge in [-0.05, 0) is 37.3 Å². The maximum atomic E-state index is 12.2. The third kappa shape index (κ3) is 5.42. The van der Waals surface area contributed by atoms with Crippen LogP contribution in [0.25, 0.3) is 0 Å². The Morgan fingerprint density at radius 1 is 1.25 bits per heavy atom. The molecule has 0 saturated heterocycles. The molecule has 0 radical (unpaired) electrons. The number of hydrogen-bond acceptors (Lipinski definition) is 7. The van der Waals surface area contributed by atoms with E-state index in [4.69, 9.17) is 16.3 Å². The van der Waals surface area contributed by atoms with E-state index in [1.807, 2.05) is 0 Å². The van der Waals surface area contributed by atoms with Gasteiger partial charge in [-0.1, -0.05) is 11.6 Å². The fourth-order valence-corrected chi connectivity index (χ4v) is 2.19. The Kier molecular flexibility index (Phi) is 6.88. The van der Waals surface area contributed by atoms with Crippen LogP contribution >= 0.6 is 11.6 Å². The summed E-state index contributed by atoms with van der Waals surface area (Å²) in [5.41, 5.74) is 5.25. The molecule has 146 valence electrons. The number of halogens is 1. The van der Waals surface area contributed by atoms with Gasteiger partial charge in [0.25, 0.3) is 5.69 Å². The van der Waals surface area contributed by atoms with Crippen molar-refractivity contribution in [1.82, 2.24) is 5.43 Å². The Hall–Kier alpha value is -3.66. The first kappa shape index (κ1) is 20.6. The summed E-state index contributed by atoms with van der Waals surface area (Å²) in [5, 5.41) is 20.2. The molecule has 0 fully saturated rings. The second-order valence-corrected chi connectivity index (χ2v) is 5.64. The molecule has 0 bridgehead atoms. The molecule has 2 rings (SSSR count). The number of anilines is 1. The van der Waals surface area contributed by atoms with Crippen LogP contribution in [-0.2, 0) is 9.53 Å². The van der Waals surface area contributed by atoms with Gasteiger partial charge >= 0.3 is 11.9 Å².